The zero-order chi connectivity index (χ0) is 21.3. The number of carbonyl (C=O) groups excluding carboxylic acids is 2. The highest BCUT2D eigenvalue weighted by Gasteiger charge is 2.19. The molecular weight excluding hydrogens is 368 g/mol. The molecule has 0 aliphatic carbocycles. The highest BCUT2D eigenvalue weighted by atomic mass is 16.5. The standard InChI is InChI=1S/C23H30N2O4/c1-17-10-11-20(19(14-17)23(2,3)4)28-16-21(26)24-12-13-25-22(27)29-15-18-8-6-5-7-9-18/h5-11,14H,12-13,15-16H2,1-4H3,(H,24,26)(H,25,27). The molecule has 6 nitrogen and oxygen atoms in total. The smallest absolute Gasteiger partial charge is 0.407 e. The van der Waals surface area contributed by atoms with Crippen LogP contribution in [0.5, 0.6) is 5.75 Å². The van der Waals surface area contributed by atoms with Crippen LogP contribution in [0.3, 0.4) is 0 Å². The van der Waals surface area contributed by atoms with Gasteiger partial charge in [0, 0.05) is 13.1 Å². The molecule has 0 radical (unpaired) electrons. The number of nitrogens with one attached hydrogen (secondary N) is 2. The Morgan fingerprint density at radius 3 is 2.34 bits per heavy atom. The molecular formula is C23H30N2O4. The number of alkyl carbamates (subject to hydrolysis) is 1. The van der Waals surface area contributed by atoms with Gasteiger partial charge in [-0.15, -0.1) is 0 Å². The average Bonchev–Trinajstić information content (AvgIpc) is 2.69. The van der Waals surface area contributed by atoms with E-state index < -0.39 is 6.09 Å². The van der Waals surface area contributed by atoms with Gasteiger partial charge in [0.2, 0.25) is 0 Å². The minimum atomic E-state index is -0.520. The van der Waals surface area contributed by atoms with Gasteiger partial charge in [0.15, 0.2) is 6.61 Å². The summed E-state index contributed by atoms with van der Waals surface area (Å²) in [5.41, 5.74) is 3.05. The third kappa shape index (κ3) is 7.86. The van der Waals surface area contributed by atoms with E-state index in [0.29, 0.717) is 12.3 Å². The van der Waals surface area contributed by atoms with Crippen molar-refractivity contribution in [2.75, 3.05) is 19.7 Å². The van der Waals surface area contributed by atoms with Gasteiger partial charge in [0.25, 0.3) is 5.91 Å². The SMILES string of the molecule is Cc1ccc(OCC(=O)NCCNC(=O)OCc2ccccc2)c(C(C)(C)C)c1. The zero-order valence-electron chi connectivity index (χ0n) is 17.6. The van der Waals surface area contributed by atoms with Crippen LogP contribution in [0.4, 0.5) is 4.79 Å². The summed E-state index contributed by atoms with van der Waals surface area (Å²) < 4.78 is 10.8. The molecule has 0 aliphatic rings. The Hall–Kier alpha value is -3.02. The second kappa shape index (κ2) is 10.5. The maximum atomic E-state index is 12.0. The number of aryl methyl sites for hydroxylation is 1. The predicted molar refractivity (Wildman–Crippen MR) is 113 cm³/mol. The summed E-state index contributed by atoms with van der Waals surface area (Å²) in [5.74, 6) is 0.464. The van der Waals surface area contributed by atoms with E-state index in [1.165, 1.54) is 0 Å². The molecule has 0 aliphatic heterocycles. The molecule has 2 aromatic rings. The highest BCUT2D eigenvalue weighted by Crippen LogP contribution is 2.32. The van der Waals surface area contributed by atoms with Crippen molar-refractivity contribution in [2.24, 2.45) is 0 Å². The molecule has 29 heavy (non-hydrogen) atoms. The van der Waals surface area contributed by atoms with Crippen molar-refractivity contribution in [2.45, 2.75) is 39.7 Å². The summed E-state index contributed by atoms with van der Waals surface area (Å²) in [6, 6.07) is 15.4. The van der Waals surface area contributed by atoms with Crippen LogP contribution in [-0.4, -0.2) is 31.7 Å². The van der Waals surface area contributed by atoms with Crippen molar-refractivity contribution in [3.8, 4) is 5.75 Å². The first-order valence-electron chi connectivity index (χ1n) is 9.71. The first-order chi connectivity index (χ1) is 13.8. The lowest BCUT2D eigenvalue weighted by molar-refractivity contribution is -0.123. The van der Waals surface area contributed by atoms with Gasteiger partial charge in [-0.05, 0) is 29.5 Å². The number of hydrogen-bond donors (Lipinski definition) is 2. The van der Waals surface area contributed by atoms with Crippen molar-refractivity contribution in [3.63, 3.8) is 0 Å². The molecule has 2 amide bonds. The molecule has 0 atom stereocenters. The second-order valence-corrected chi connectivity index (χ2v) is 7.88. The predicted octanol–water partition coefficient (Wildman–Crippen LogP) is 3.71. The Morgan fingerprint density at radius 2 is 1.66 bits per heavy atom. The summed E-state index contributed by atoms with van der Waals surface area (Å²) in [7, 11) is 0. The highest BCUT2D eigenvalue weighted by molar-refractivity contribution is 5.77. The lowest BCUT2D eigenvalue weighted by Gasteiger charge is -2.23. The van der Waals surface area contributed by atoms with Crippen LogP contribution in [0, 0.1) is 6.92 Å². The Labute approximate surface area is 172 Å². The molecule has 156 valence electrons. The van der Waals surface area contributed by atoms with Crippen molar-refractivity contribution < 1.29 is 19.1 Å². The molecule has 0 aromatic heterocycles. The van der Waals surface area contributed by atoms with Gasteiger partial charge in [-0.1, -0.05) is 68.8 Å². The van der Waals surface area contributed by atoms with Crippen molar-refractivity contribution in [1.29, 1.82) is 0 Å². The van der Waals surface area contributed by atoms with E-state index in [2.05, 4.69) is 37.5 Å². The third-order valence-electron chi connectivity index (χ3n) is 4.23. The Bertz CT molecular complexity index is 813. The molecule has 2 aromatic carbocycles. The first-order valence-corrected chi connectivity index (χ1v) is 9.71. The molecule has 0 unspecified atom stereocenters. The summed E-state index contributed by atoms with van der Waals surface area (Å²) in [5, 5.41) is 5.32. The maximum Gasteiger partial charge on any atom is 0.407 e. The molecule has 6 heteroatoms. The molecule has 0 saturated heterocycles. The first kappa shape index (κ1) is 22.3. The Kier molecular flexibility index (Phi) is 8.07. The van der Waals surface area contributed by atoms with Crippen LogP contribution in [0.15, 0.2) is 48.5 Å². The lowest BCUT2D eigenvalue weighted by atomic mass is 9.85. The van der Waals surface area contributed by atoms with E-state index >= 15 is 0 Å². The number of amides is 2. The van der Waals surface area contributed by atoms with E-state index in [9.17, 15) is 9.59 Å². The summed E-state index contributed by atoms with van der Waals surface area (Å²) in [4.78, 5) is 23.7. The summed E-state index contributed by atoms with van der Waals surface area (Å²) >= 11 is 0. The Morgan fingerprint density at radius 1 is 0.966 bits per heavy atom. The monoisotopic (exact) mass is 398 g/mol. The van der Waals surface area contributed by atoms with Crippen LogP contribution >= 0.6 is 0 Å². The fourth-order valence-corrected chi connectivity index (χ4v) is 2.69. The molecule has 2 N–H and O–H groups in total. The lowest BCUT2D eigenvalue weighted by Crippen LogP contribution is -2.37. The van der Waals surface area contributed by atoms with Crippen molar-refractivity contribution >= 4 is 12.0 Å². The molecule has 0 saturated carbocycles. The van der Waals surface area contributed by atoms with Crippen LogP contribution in [0.2, 0.25) is 0 Å². The quantitative estimate of drug-likeness (QED) is 0.665. The summed E-state index contributed by atoms with van der Waals surface area (Å²) in [6.45, 7) is 9.05. The van der Waals surface area contributed by atoms with Crippen LogP contribution < -0.4 is 15.4 Å². The molecule has 0 spiro atoms. The minimum absolute atomic E-state index is 0.0788. The van der Waals surface area contributed by atoms with E-state index in [1.807, 2.05) is 49.4 Å². The molecule has 0 bridgehead atoms. The minimum Gasteiger partial charge on any atom is -0.483 e. The molecule has 0 heterocycles. The zero-order valence-corrected chi connectivity index (χ0v) is 17.6. The largest absolute Gasteiger partial charge is 0.483 e. The number of carbonyl (C=O) groups is 2. The molecule has 2 rings (SSSR count). The fraction of sp³-hybridized carbons (Fsp3) is 0.391. The fourth-order valence-electron chi connectivity index (χ4n) is 2.69. The number of hydrogen-bond acceptors (Lipinski definition) is 4. The molecule has 0 fully saturated rings. The average molecular weight is 399 g/mol. The van der Waals surface area contributed by atoms with Gasteiger partial charge in [0.1, 0.15) is 12.4 Å². The topological polar surface area (TPSA) is 76.7 Å². The van der Waals surface area contributed by atoms with E-state index in [1.54, 1.807) is 0 Å². The number of rotatable bonds is 8. The van der Waals surface area contributed by atoms with E-state index in [-0.39, 0.29) is 31.1 Å². The summed E-state index contributed by atoms with van der Waals surface area (Å²) in [6.07, 6.45) is -0.520. The third-order valence-corrected chi connectivity index (χ3v) is 4.23. The van der Waals surface area contributed by atoms with Gasteiger partial charge in [-0.3, -0.25) is 4.79 Å². The maximum absolute atomic E-state index is 12.0. The van der Waals surface area contributed by atoms with Gasteiger partial charge in [-0.2, -0.15) is 0 Å². The Balaban J connectivity index is 1.67. The van der Waals surface area contributed by atoms with Crippen molar-refractivity contribution in [1.82, 2.24) is 10.6 Å². The van der Waals surface area contributed by atoms with Crippen LogP contribution in [0.25, 0.3) is 0 Å². The van der Waals surface area contributed by atoms with Crippen molar-refractivity contribution in [3.05, 3.63) is 65.2 Å². The normalized spacial score (nSPS) is 10.9. The van der Waals surface area contributed by atoms with Gasteiger partial charge >= 0.3 is 6.09 Å². The van der Waals surface area contributed by atoms with E-state index in [0.717, 1.165) is 16.7 Å². The van der Waals surface area contributed by atoms with Gasteiger partial charge < -0.3 is 20.1 Å². The van der Waals surface area contributed by atoms with Gasteiger partial charge in [-0.25, -0.2) is 4.79 Å². The van der Waals surface area contributed by atoms with Crippen LogP contribution in [-0.2, 0) is 21.6 Å². The van der Waals surface area contributed by atoms with Gasteiger partial charge in [0.05, 0.1) is 0 Å². The number of ether oxygens (including phenoxy) is 2. The van der Waals surface area contributed by atoms with Crippen LogP contribution in [0.1, 0.15) is 37.5 Å². The number of benzene rings is 2. The second-order valence-electron chi connectivity index (χ2n) is 7.88. The van der Waals surface area contributed by atoms with E-state index in [4.69, 9.17) is 9.47 Å².